The van der Waals surface area contributed by atoms with Crippen molar-refractivity contribution >= 4 is 11.9 Å². The van der Waals surface area contributed by atoms with Gasteiger partial charge in [-0.2, -0.15) is 0 Å². The van der Waals surface area contributed by atoms with E-state index in [0.29, 0.717) is 30.7 Å². The molecule has 0 amide bonds. The van der Waals surface area contributed by atoms with Crippen molar-refractivity contribution in [3.8, 4) is 17.2 Å². The van der Waals surface area contributed by atoms with Crippen molar-refractivity contribution in [1.29, 1.82) is 0 Å². The van der Waals surface area contributed by atoms with Crippen LogP contribution in [0.4, 0.5) is 0 Å². The van der Waals surface area contributed by atoms with E-state index in [1.54, 1.807) is 7.11 Å². The average Bonchev–Trinajstić information content (AvgIpc) is 3.17. The number of hydrogen-bond donors (Lipinski definition) is 0. The van der Waals surface area contributed by atoms with E-state index in [0.717, 1.165) is 42.9 Å². The molecule has 166 valence electrons. The number of benzene rings is 2. The summed E-state index contributed by atoms with van der Waals surface area (Å²) in [5, 5.41) is 0. The summed E-state index contributed by atoms with van der Waals surface area (Å²) >= 11 is 0. The molecule has 0 N–H and O–H groups in total. The number of Topliss-reactive ketones (excluding diaryl/α,β-unsaturated/α-hetero) is 1. The van der Waals surface area contributed by atoms with E-state index in [1.807, 2.05) is 30.3 Å². The molecular weight excluding hydrogens is 402 g/mol. The Bertz CT molecular complexity index is 1090. The number of rotatable bonds is 5. The van der Waals surface area contributed by atoms with Crippen molar-refractivity contribution in [2.75, 3.05) is 27.3 Å². The number of nitrogens with zero attached hydrogens (tertiary/aromatic N) is 1. The first kappa shape index (κ1) is 19.9. The third-order valence-electron chi connectivity index (χ3n) is 8.12. The summed E-state index contributed by atoms with van der Waals surface area (Å²) in [7, 11) is 3.89. The number of ether oxygens (including phenoxy) is 3. The lowest BCUT2D eigenvalue weighted by Gasteiger charge is -2.57. The minimum Gasteiger partial charge on any atom is -0.493 e. The maximum atomic E-state index is 13.0. The van der Waals surface area contributed by atoms with Gasteiger partial charge in [-0.1, -0.05) is 36.4 Å². The summed E-state index contributed by atoms with van der Waals surface area (Å²) < 4.78 is 18.5. The number of likely N-dealkylation sites (tertiary alicyclic amines) is 1. The van der Waals surface area contributed by atoms with Crippen LogP contribution in [0.25, 0.3) is 6.08 Å². The maximum absolute atomic E-state index is 13.0. The molecule has 2 aromatic rings. The molecule has 5 nitrogen and oxygen atoms in total. The molecule has 1 spiro atoms. The van der Waals surface area contributed by atoms with Crippen LogP contribution in [0.5, 0.6) is 17.2 Å². The van der Waals surface area contributed by atoms with E-state index in [4.69, 9.17) is 14.2 Å². The monoisotopic (exact) mass is 431 g/mol. The predicted molar refractivity (Wildman–Crippen MR) is 123 cm³/mol. The Kier molecular flexibility index (Phi) is 4.58. The van der Waals surface area contributed by atoms with Crippen molar-refractivity contribution in [1.82, 2.24) is 4.90 Å². The second-order valence-electron chi connectivity index (χ2n) is 9.54. The minimum atomic E-state index is -0.381. The van der Waals surface area contributed by atoms with Crippen molar-refractivity contribution in [3.63, 3.8) is 0 Å². The Morgan fingerprint density at radius 3 is 2.91 bits per heavy atom. The normalized spacial score (nSPS) is 30.2. The van der Waals surface area contributed by atoms with Crippen molar-refractivity contribution in [2.45, 2.75) is 43.2 Å². The number of hydrogen-bond acceptors (Lipinski definition) is 5. The van der Waals surface area contributed by atoms with Crippen molar-refractivity contribution < 1.29 is 19.0 Å². The zero-order valence-electron chi connectivity index (χ0n) is 18.7. The molecule has 1 saturated heterocycles. The van der Waals surface area contributed by atoms with Gasteiger partial charge >= 0.3 is 0 Å². The van der Waals surface area contributed by atoms with E-state index < -0.39 is 0 Å². The molecule has 2 bridgehead atoms. The lowest BCUT2D eigenvalue weighted by molar-refractivity contribution is -0.138. The molecule has 0 aromatic heterocycles. The van der Waals surface area contributed by atoms with Crippen LogP contribution in [-0.4, -0.2) is 50.1 Å². The third kappa shape index (κ3) is 2.70. The van der Waals surface area contributed by atoms with Crippen LogP contribution < -0.4 is 14.2 Å². The smallest absolute Gasteiger partial charge is 0.174 e. The molecule has 2 fully saturated rings. The molecule has 0 unspecified atom stereocenters. The van der Waals surface area contributed by atoms with Crippen LogP contribution in [0, 0.1) is 5.92 Å². The fraction of sp³-hybridized carbons (Fsp3) is 0.444. The largest absolute Gasteiger partial charge is 0.493 e. The minimum absolute atomic E-state index is 0.234. The van der Waals surface area contributed by atoms with E-state index >= 15 is 0 Å². The summed E-state index contributed by atoms with van der Waals surface area (Å²) in [6, 6.07) is 12.6. The molecule has 32 heavy (non-hydrogen) atoms. The number of carbonyl (C=O) groups is 1. The number of carbonyl (C=O) groups excluding carboxylic acids is 1. The molecule has 4 aliphatic rings. The maximum Gasteiger partial charge on any atom is 0.174 e. The molecular formula is C27H29NO4. The first-order valence-electron chi connectivity index (χ1n) is 11.6. The zero-order valence-corrected chi connectivity index (χ0v) is 18.7. The van der Waals surface area contributed by atoms with Crippen LogP contribution in [0.3, 0.4) is 0 Å². The van der Waals surface area contributed by atoms with Gasteiger partial charge in [0, 0.05) is 35.1 Å². The highest BCUT2D eigenvalue weighted by molar-refractivity contribution is 5.89. The second-order valence-corrected chi connectivity index (χ2v) is 9.54. The number of piperidine rings is 1. The Hall–Kier alpha value is -2.79. The quantitative estimate of drug-likeness (QED) is 0.716. The molecule has 6 rings (SSSR count). The summed E-state index contributed by atoms with van der Waals surface area (Å²) in [6.45, 7) is 1.46. The molecule has 2 aliphatic carbocycles. The van der Waals surface area contributed by atoms with Gasteiger partial charge < -0.3 is 19.1 Å². The first-order valence-corrected chi connectivity index (χ1v) is 11.6. The molecule has 2 aromatic carbocycles. The van der Waals surface area contributed by atoms with Gasteiger partial charge in [-0.15, -0.1) is 0 Å². The highest BCUT2D eigenvalue weighted by Gasteiger charge is 2.66. The molecule has 0 radical (unpaired) electrons. The summed E-state index contributed by atoms with van der Waals surface area (Å²) in [4.78, 5) is 15.5. The Balaban J connectivity index is 1.41. The van der Waals surface area contributed by atoms with Crippen molar-refractivity contribution in [3.05, 3.63) is 59.2 Å². The lowest BCUT2D eigenvalue weighted by Crippen LogP contribution is -2.65. The van der Waals surface area contributed by atoms with Crippen LogP contribution in [0.2, 0.25) is 0 Å². The average molecular weight is 432 g/mol. The standard InChI is InChI=1S/C27H29NO4/c1-28-13-12-27-19-10-11-21(29)26(27)32-25-23(30-2)16-22(18(24(25)27)15-20(19)28)31-14-6-9-17-7-4-3-5-8-17/h3-9,16,19-20,26H,10-15H2,1-2H3/b9-6+/t19-,20+,26-,27-/m0/s1. The number of ketones is 1. The highest BCUT2D eigenvalue weighted by Crippen LogP contribution is 2.64. The van der Waals surface area contributed by atoms with Crippen molar-refractivity contribution in [2.24, 2.45) is 5.92 Å². The lowest BCUT2D eigenvalue weighted by atomic mass is 9.51. The summed E-state index contributed by atoms with van der Waals surface area (Å²) in [6.07, 6.45) is 7.17. The summed E-state index contributed by atoms with van der Waals surface area (Å²) in [5.41, 5.74) is 3.33. The van der Waals surface area contributed by atoms with E-state index in [1.165, 1.54) is 11.1 Å². The Morgan fingerprint density at radius 2 is 2.09 bits per heavy atom. The molecule has 5 heteroatoms. The zero-order chi connectivity index (χ0) is 21.9. The Labute approximate surface area is 189 Å². The van der Waals surface area contributed by atoms with Gasteiger partial charge in [0.05, 0.1) is 7.11 Å². The van der Waals surface area contributed by atoms with Crippen LogP contribution in [0.15, 0.2) is 42.5 Å². The SMILES string of the molecule is COc1cc(OC/C=C/c2ccccc2)c2c3c1O[C@H]1C(=O)CC[C@H]4[C@@H](C2)N(C)CC[C@]314. The predicted octanol–water partition coefficient (Wildman–Crippen LogP) is 4.03. The van der Waals surface area contributed by atoms with E-state index in [9.17, 15) is 4.79 Å². The van der Waals surface area contributed by atoms with Gasteiger partial charge in [0.1, 0.15) is 12.4 Å². The van der Waals surface area contributed by atoms with Gasteiger partial charge in [-0.05, 0) is 50.4 Å². The fourth-order valence-corrected chi connectivity index (χ4v) is 6.73. The van der Waals surface area contributed by atoms with E-state index in [2.05, 4.69) is 30.2 Å². The van der Waals surface area contributed by atoms with Gasteiger partial charge in [-0.3, -0.25) is 4.79 Å². The Morgan fingerprint density at radius 1 is 1.25 bits per heavy atom. The molecule has 2 heterocycles. The fourth-order valence-electron chi connectivity index (χ4n) is 6.73. The van der Waals surface area contributed by atoms with Gasteiger partial charge in [0.15, 0.2) is 23.4 Å². The van der Waals surface area contributed by atoms with E-state index in [-0.39, 0.29) is 17.3 Å². The molecule has 1 saturated carbocycles. The number of likely N-dealkylation sites (N-methyl/N-ethyl adjacent to an activating group) is 1. The van der Waals surface area contributed by atoms with Crippen LogP contribution in [0.1, 0.15) is 36.0 Å². The molecule has 4 atom stereocenters. The number of methoxy groups -OCH3 is 1. The summed E-state index contributed by atoms with van der Waals surface area (Å²) in [5.74, 6) is 3.00. The third-order valence-corrected chi connectivity index (χ3v) is 8.12. The first-order chi connectivity index (χ1) is 15.6. The topological polar surface area (TPSA) is 48.0 Å². The highest BCUT2D eigenvalue weighted by atomic mass is 16.5. The van der Waals surface area contributed by atoms with Gasteiger partial charge in [-0.25, -0.2) is 0 Å². The van der Waals surface area contributed by atoms with Crippen LogP contribution >= 0.6 is 0 Å². The molecule has 2 aliphatic heterocycles. The van der Waals surface area contributed by atoms with Gasteiger partial charge in [0.25, 0.3) is 0 Å². The second kappa shape index (κ2) is 7.38. The van der Waals surface area contributed by atoms with Gasteiger partial charge in [0.2, 0.25) is 0 Å². The van der Waals surface area contributed by atoms with Crippen LogP contribution in [-0.2, 0) is 16.6 Å².